The van der Waals surface area contributed by atoms with Gasteiger partial charge in [-0.2, -0.15) is 0 Å². The van der Waals surface area contributed by atoms with E-state index in [1.165, 1.54) is 43.8 Å². The van der Waals surface area contributed by atoms with E-state index in [0.717, 1.165) is 12.8 Å². The van der Waals surface area contributed by atoms with Crippen LogP contribution in [0.25, 0.3) is 11.6 Å². The molecular weight excluding hydrogens is 296 g/mol. The Morgan fingerprint density at radius 1 is 0.870 bits per heavy atom. The van der Waals surface area contributed by atoms with Crippen molar-refractivity contribution >= 4 is 23.0 Å². The summed E-state index contributed by atoms with van der Waals surface area (Å²) in [4.78, 5) is 1.51. The van der Waals surface area contributed by atoms with Crippen molar-refractivity contribution in [3.05, 3.63) is 92.2 Å². The molecule has 0 fully saturated rings. The lowest BCUT2D eigenvalue weighted by Gasteiger charge is -2.11. The molecule has 4 rings (SSSR count). The van der Waals surface area contributed by atoms with Gasteiger partial charge in [0.25, 0.3) is 0 Å². The standard InChI is InChI=1S/C22H20S/c1-15-11-16(2)13-17(12-15)14-21-19-6-4-3-5-18(19)7-8-22-20(21)9-10-23-22/h3-6,9-14H,7-8H2,1-2H3/b21-14-. The minimum atomic E-state index is 1.13. The highest BCUT2D eigenvalue weighted by atomic mass is 32.1. The lowest BCUT2D eigenvalue weighted by Crippen LogP contribution is -1.91. The lowest BCUT2D eigenvalue weighted by atomic mass is 9.93. The third-order valence-electron chi connectivity index (χ3n) is 4.52. The Labute approximate surface area is 142 Å². The van der Waals surface area contributed by atoms with Crippen LogP contribution >= 0.6 is 11.3 Å². The average Bonchev–Trinajstić information content (AvgIpc) is 2.93. The van der Waals surface area contributed by atoms with Gasteiger partial charge in [0.05, 0.1) is 0 Å². The van der Waals surface area contributed by atoms with Crippen LogP contribution in [0.4, 0.5) is 0 Å². The van der Waals surface area contributed by atoms with E-state index in [1.54, 1.807) is 0 Å². The van der Waals surface area contributed by atoms with Gasteiger partial charge < -0.3 is 0 Å². The van der Waals surface area contributed by atoms with Crippen molar-refractivity contribution in [1.82, 2.24) is 0 Å². The second kappa shape index (κ2) is 5.82. The molecule has 3 aromatic rings. The normalized spacial score (nSPS) is 15.1. The quantitative estimate of drug-likeness (QED) is 0.512. The first-order chi connectivity index (χ1) is 11.2. The number of fused-ring (bicyclic) bond motifs is 2. The predicted octanol–water partition coefficient (Wildman–Crippen LogP) is 6.05. The number of hydrogen-bond donors (Lipinski definition) is 0. The van der Waals surface area contributed by atoms with Crippen molar-refractivity contribution in [2.45, 2.75) is 26.7 Å². The fourth-order valence-corrected chi connectivity index (χ4v) is 4.48. The van der Waals surface area contributed by atoms with Crippen LogP contribution in [0.3, 0.4) is 0 Å². The van der Waals surface area contributed by atoms with Gasteiger partial charge in [-0.05, 0) is 72.0 Å². The zero-order valence-electron chi connectivity index (χ0n) is 13.6. The molecule has 0 spiro atoms. The smallest absolute Gasteiger partial charge is 0.0127 e. The van der Waals surface area contributed by atoms with Gasteiger partial charge in [-0.15, -0.1) is 11.3 Å². The Morgan fingerprint density at radius 3 is 2.48 bits per heavy atom. The third-order valence-corrected chi connectivity index (χ3v) is 5.50. The van der Waals surface area contributed by atoms with Crippen LogP contribution in [0, 0.1) is 13.8 Å². The van der Waals surface area contributed by atoms with E-state index in [4.69, 9.17) is 0 Å². The Kier molecular flexibility index (Phi) is 3.66. The minimum absolute atomic E-state index is 1.13. The van der Waals surface area contributed by atoms with Crippen molar-refractivity contribution in [2.24, 2.45) is 0 Å². The topological polar surface area (TPSA) is 0 Å². The molecule has 1 heteroatoms. The van der Waals surface area contributed by atoms with Gasteiger partial charge in [0.15, 0.2) is 0 Å². The molecule has 0 saturated heterocycles. The van der Waals surface area contributed by atoms with Crippen LogP contribution in [0.15, 0.2) is 53.9 Å². The van der Waals surface area contributed by atoms with E-state index in [2.05, 4.69) is 73.8 Å². The maximum atomic E-state index is 2.37. The van der Waals surface area contributed by atoms with Gasteiger partial charge in [-0.3, -0.25) is 0 Å². The van der Waals surface area contributed by atoms with Crippen LogP contribution in [0.2, 0.25) is 0 Å². The summed E-state index contributed by atoms with van der Waals surface area (Å²) in [5.74, 6) is 0. The van der Waals surface area contributed by atoms with E-state index in [-0.39, 0.29) is 0 Å². The summed E-state index contributed by atoms with van der Waals surface area (Å²) < 4.78 is 0. The van der Waals surface area contributed by atoms with E-state index in [0.29, 0.717) is 0 Å². The van der Waals surface area contributed by atoms with Gasteiger partial charge in [-0.1, -0.05) is 53.6 Å². The highest BCUT2D eigenvalue weighted by molar-refractivity contribution is 7.10. The molecule has 2 aromatic carbocycles. The van der Waals surface area contributed by atoms with Crippen molar-refractivity contribution in [1.29, 1.82) is 0 Å². The first kappa shape index (κ1) is 14.5. The maximum Gasteiger partial charge on any atom is 0.0127 e. The molecule has 1 aromatic heterocycles. The van der Waals surface area contributed by atoms with Gasteiger partial charge in [0, 0.05) is 4.88 Å². The Hall–Kier alpha value is -2.12. The van der Waals surface area contributed by atoms with Gasteiger partial charge >= 0.3 is 0 Å². The first-order valence-corrected chi connectivity index (χ1v) is 9.04. The molecule has 1 aliphatic carbocycles. The maximum absolute atomic E-state index is 2.37. The number of rotatable bonds is 1. The van der Waals surface area contributed by atoms with Crippen molar-refractivity contribution in [3.63, 3.8) is 0 Å². The van der Waals surface area contributed by atoms with Crippen LogP contribution in [0.5, 0.6) is 0 Å². The fourth-order valence-electron chi connectivity index (χ4n) is 3.58. The molecule has 0 amide bonds. The summed E-state index contributed by atoms with van der Waals surface area (Å²) in [5.41, 5.74) is 9.59. The zero-order valence-corrected chi connectivity index (χ0v) is 14.4. The van der Waals surface area contributed by atoms with Gasteiger partial charge in [0.2, 0.25) is 0 Å². The van der Waals surface area contributed by atoms with E-state index in [9.17, 15) is 0 Å². The van der Waals surface area contributed by atoms with E-state index >= 15 is 0 Å². The second-order valence-corrected chi connectivity index (χ2v) is 7.39. The van der Waals surface area contributed by atoms with Gasteiger partial charge in [0.1, 0.15) is 0 Å². The Balaban J connectivity index is 1.95. The summed E-state index contributed by atoms with van der Waals surface area (Å²) in [6.07, 6.45) is 4.65. The number of aryl methyl sites for hydroxylation is 4. The predicted molar refractivity (Wildman–Crippen MR) is 101 cm³/mol. The van der Waals surface area contributed by atoms with Crippen molar-refractivity contribution in [2.75, 3.05) is 0 Å². The molecule has 0 unspecified atom stereocenters. The fraction of sp³-hybridized carbons (Fsp3) is 0.182. The molecule has 114 valence electrons. The SMILES string of the molecule is Cc1cc(C)cc(/C=C2/c3ccccc3CCc3sccc32)c1. The molecular formula is C22H20S. The number of hydrogen-bond acceptors (Lipinski definition) is 1. The molecule has 23 heavy (non-hydrogen) atoms. The van der Waals surface area contributed by atoms with E-state index in [1.807, 2.05) is 11.3 Å². The number of thiophene rings is 1. The molecule has 0 N–H and O–H groups in total. The minimum Gasteiger partial charge on any atom is -0.148 e. The Morgan fingerprint density at radius 2 is 1.65 bits per heavy atom. The molecule has 0 nitrogen and oxygen atoms in total. The Bertz CT molecular complexity index is 876. The molecule has 0 bridgehead atoms. The third kappa shape index (κ3) is 2.77. The molecule has 0 radical (unpaired) electrons. The van der Waals surface area contributed by atoms with E-state index < -0.39 is 0 Å². The molecule has 0 aliphatic heterocycles. The summed E-state index contributed by atoms with van der Waals surface area (Å²) >= 11 is 1.89. The average molecular weight is 316 g/mol. The molecule has 0 atom stereocenters. The summed E-state index contributed by atoms with van der Waals surface area (Å²) in [7, 11) is 0. The highest BCUT2D eigenvalue weighted by Gasteiger charge is 2.18. The van der Waals surface area contributed by atoms with Crippen LogP contribution in [-0.4, -0.2) is 0 Å². The molecule has 1 heterocycles. The van der Waals surface area contributed by atoms with Crippen LogP contribution in [-0.2, 0) is 12.8 Å². The van der Waals surface area contributed by atoms with Crippen LogP contribution in [0.1, 0.15) is 38.3 Å². The number of benzene rings is 2. The molecule has 0 saturated carbocycles. The highest BCUT2D eigenvalue weighted by Crippen LogP contribution is 2.37. The van der Waals surface area contributed by atoms with Crippen LogP contribution < -0.4 is 0 Å². The lowest BCUT2D eigenvalue weighted by molar-refractivity contribution is 0.985. The monoisotopic (exact) mass is 316 g/mol. The second-order valence-electron chi connectivity index (χ2n) is 6.39. The summed E-state index contributed by atoms with van der Waals surface area (Å²) in [5, 5.41) is 2.23. The zero-order chi connectivity index (χ0) is 15.8. The molecule has 1 aliphatic rings. The van der Waals surface area contributed by atoms with Crippen molar-refractivity contribution in [3.8, 4) is 0 Å². The first-order valence-electron chi connectivity index (χ1n) is 8.16. The summed E-state index contributed by atoms with van der Waals surface area (Å²) in [6.45, 7) is 4.35. The largest absolute Gasteiger partial charge is 0.148 e. The summed E-state index contributed by atoms with van der Waals surface area (Å²) in [6, 6.07) is 17.9. The van der Waals surface area contributed by atoms with Gasteiger partial charge in [-0.25, -0.2) is 0 Å². The van der Waals surface area contributed by atoms with Crippen molar-refractivity contribution < 1.29 is 0 Å².